The summed E-state index contributed by atoms with van der Waals surface area (Å²) in [6, 6.07) is 4.83. The van der Waals surface area contributed by atoms with E-state index in [1.165, 1.54) is 0 Å². The van der Waals surface area contributed by atoms with E-state index in [0.717, 1.165) is 17.1 Å². The van der Waals surface area contributed by atoms with Gasteiger partial charge in [-0.05, 0) is 23.4 Å². The van der Waals surface area contributed by atoms with E-state index < -0.39 is 11.8 Å². The van der Waals surface area contributed by atoms with Crippen molar-refractivity contribution >= 4 is 23.1 Å². The zero-order chi connectivity index (χ0) is 14.7. The molecule has 0 aromatic carbocycles. The summed E-state index contributed by atoms with van der Waals surface area (Å²) < 4.78 is 13.1. The van der Waals surface area contributed by atoms with Crippen LogP contribution in [-0.4, -0.2) is 16.1 Å². The molecule has 2 rings (SSSR count). The second-order valence-electron chi connectivity index (χ2n) is 4.74. The predicted octanol–water partition coefficient (Wildman–Crippen LogP) is 3.79. The third-order valence-corrected chi connectivity index (χ3v) is 3.85. The number of hydrogen-bond donors (Lipinski definition) is 2. The Bertz CT molecular complexity index is 599. The highest BCUT2D eigenvalue weighted by molar-refractivity contribution is 7.10. The number of rotatable bonds is 5. The number of hydrogen-bond acceptors (Lipinski definition) is 4. The highest BCUT2D eigenvalue weighted by Crippen LogP contribution is 2.30. The van der Waals surface area contributed by atoms with Crippen LogP contribution in [0.25, 0.3) is 0 Å². The number of aromatic nitrogens is 1. The number of nitrogens with one attached hydrogen (secondary N) is 1. The fourth-order valence-electron chi connectivity index (χ4n) is 1.90. The molecule has 0 saturated carbocycles. The Balaban J connectivity index is 2.34. The molecule has 0 aliphatic carbocycles. The minimum Gasteiger partial charge on any atom is -0.478 e. The molecule has 2 N–H and O–H groups in total. The van der Waals surface area contributed by atoms with Gasteiger partial charge in [0.15, 0.2) is 0 Å². The molecule has 0 aliphatic heterocycles. The molecule has 0 radical (unpaired) electrons. The van der Waals surface area contributed by atoms with Gasteiger partial charge in [0.1, 0.15) is 17.2 Å². The number of aromatic carboxylic acids is 1. The van der Waals surface area contributed by atoms with Crippen LogP contribution in [0.3, 0.4) is 0 Å². The van der Waals surface area contributed by atoms with Gasteiger partial charge in [0.2, 0.25) is 0 Å². The number of carbonyl (C=O) groups is 1. The van der Waals surface area contributed by atoms with Gasteiger partial charge in [0, 0.05) is 4.88 Å². The molecule has 2 heterocycles. The van der Waals surface area contributed by atoms with E-state index in [4.69, 9.17) is 5.11 Å². The maximum absolute atomic E-state index is 13.1. The lowest BCUT2D eigenvalue weighted by molar-refractivity contribution is 0.0697. The number of carboxylic acids is 1. The summed E-state index contributed by atoms with van der Waals surface area (Å²) >= 11 is 1.58. The van der Waals surface area contributed by atoms with Gasteiger partial charge in [-0.2, -0.15) is 0 Å². The Kier molecular flexibility index (Phi) is 4.34. The van der Waals surface area contributed by atoms with E-state index in [9.17, 15) is 9.18 Å². The lowest BCUT2D eigenvalue weighted by atomic mass is 10.0. The van der Waals surface area contributed by atoms with Gasteiger partial charge in [0.05, 0.1) is 12.2 Å². The van der Waals surface area contributed by atoms with Crippen LogP contribution in [-0.2, 0) is 0 Å². The Labute approximate surface area is 120 Å². The lowest BCUT2D eigenvalue weighted by Gasteiger charge is -2.22. The first-order valence-corrected chi connectivity index (χ1v) is 7.05. The first-order chi connectivity index (χ1) is 9.49. The van der Waals surface area contributed by atoms with Crippen LogP contribution in [0.5, 0.6) is 0 Å². The Morgan fingerprint density at radius 3 is 2.80 bits per heavy atom. The third-order valence-electron chi connectivity index (χ3n) is 2.89. The molecule has 6 heteroatoms. The van der Waals surface area contributed by atoms with Crippen LogP contribution < -0.4 is 5.32 Å². The monoisotopic (exact) mass is 294 g/mol. The van der Waals surface area contributed by atoms with Crippen molar-refractivity contribution in [2.45, 2.75) is 19.9 Å². The maximum atomic E-state index is 13.1. The fraction of sp³-hybridized carbons (Fsp3) is 0.286. The van der Waals surface area contributed by atoms with Crippen molar-refractivity contribution in [3.63, 3.8) is 0 Å². The highest BCUT2D eigenvalue weighted by Gasteiger charge is 2.21. The van der Waals surface area contributed by atoms with Crippen LogP contribution in [0, 0.1) is 11.7 Å². The molecule has 2 aromatic heterocycles. The molecule has 2 aromatic rings. The number of nitrogens with zero attached hydrogens (tertiary/aromatic N) is 1. The second-order valence-corrected chi connectivity index (χ2v) is 5.72. The molecule has 4 nitrogen and oxygen atoms in total. The van der Waals surface area contributed by atoms with Crippen molar-refractivity contribution in [3.05, 3.63) is 46.0 Å². The summed E-state index contributed by atoms with van der Waals surface area (Å²) in [6.07, 6.45) is 1.01. The van der Waals surface area contributed by atoms with Gasteiger partial charge in [0.25, 0.3) is 0 Å². The van der Waals surface area contributed by atoms with E-state index >= 15 is 0 Å². The van der Waals surface area contributed by atoms with Gasteiger partial charge >= 0.3 is 5.97 Å². The summed E-state index contributed by atoms with van der Waals surface area (Å²) in [5.41, 5.74) is -0.160. The number of thiophene rings is 1. The Morgan fingerprint density at radius 1 is 1.50 bits per heavy atom. The molecule has 0 spiro atoms. The summed E-state index contributed by atoms with van der Waals surface area (Å²) in [6.45, 7) is 4.06. The van der Waals surface area contributed by atoms with Gasteiger partial charge in [-0.25, -0.2) is 14.2 Å². The standard InChI is InChI=1S/C14H15FN2O2S/c1-8(2)12(11-4-3-5-20-11)17-13-10(14(18)19)6-9(15)7-16-13/h3-8,12H,1-2H3,(H,16,17)(H,18,19). The van der Waals surface area contributed by atoms with E-state index in [1.54, 1.807) is 11.3 Å². The summed E-state index contributed by atoms with van der Waals surface area (Å²) in [5, 5.41) is 14.2. The summed E-state index contributed by atoms with van der Waals surface area (Å²) in [5.74, 6) is -1.44. The number of halogens is 1. The van der Waals surface area contributed by atoms with Crippen molar-refractivity contribution in [1.29, 1.82) is 0 Å². The average molecular weight is 294 g/mol. The summed E-state index contributed by atoms with van der Waals surface area (Å²) in [7, 11) is 0. The molecular weight excluding hydrogens is 279 g/mol. The molecule has 0 fully saturated rings. The SMILES string of the molecule is CC(C)C(Nc1ncc(F)cc1C(=O)O)c1cccs1. The molecule has 20 heavy (non-hydrogen) atoms. The average Bonchev–Trinajstić information content (AvgIpc) is 2.90. The lowest BCUT2D eigenvalue weighted by Crippen LogP contribution is -2.18. The third kappa shape index (κ3) is 3.14. The van der Waals surface area contributed by atoms with E-state index in [0.29, 0.717) is 0 Å². The van der Waals surface area contributed by atoms with Crippen molar-refractivity contribution in [2.75, 3.05) is 5.32 Å². The van der Waals surface area contributed by atoms with Crippen molar-refractivity contribution in [2.24, 2.45) is 5.92 Å². The number of carboxylic acid groups (broad SMARTS) is 1. The van der Waals surface area contributed by atoms with Gasteiger partial charge in [-0.15, -0.1) is 11.3 Å². The molecule has 106 valence electrons. The Morgan fingerprint density at radius 2 is 2.25 bits per heavy atom. The zero-order valence-electron chi connectivity index (χ0n) is 11.1. The topological polar surface area (TPSA) is 62.2 Å². The normalized spacial score (nSPS) is 12.4. The van der Waals surface area contributed by atoms with Gasteiger partial charge in [-0.1, -0.05) is 19.9 Å². The first kappa shape index (κ1) is 14.5. The van der Waals surface area contributed by atoms with E-state index in [1.807, 2.05) is 31.4 Å². The van der Waals surface area contributed by atoms with Crippen LogP contribution in [0.1, 0.15) is 35.1 Å². The highest BCUT2D eigenvalue weighted by atomic mass is 32.1. The summed E-state index contributed by atoms with van der Waals surface area (Å²) in [4.78, 5) is 16.1. The molecular formula is C14H15FN2O2S. The van der Waals surface area contributed by atoms with Gasteiger partial charge in [-0.3, -0.25) is 0 Å². The van der Waals surface area contributed by atoms with Crippen molar-refractivity contribution in [3.8, 4) is 0 Å². The quantitative estimate of drug-likeness (QED) is 0.880. The minimum atomic E-state index is -1.20. The molecule has 1 unspecified atom stereocenters. The van der Waals surface area contributed by atoms with E-state index in [2.05, 4.69) is 10.3 Å². The fourth-order valence-corrected chi connectivity index (χ4v) is 2.85. The second kappa shape index (κ2) is 6.00. The van der Waals surface area contributed by atoms with Crippen molar-refractivity contribution in [1.82, 2.24) is 4.98 Å². The molecule has 1 atom stereocenters. The smallest absolute Gasteiger partial charge is 0.339 e. The van der Waals surface area contributed by atoms with Crippen LogP contribution in [0.4, 0.5) is 10.2 Å². The van der Waals surface area contributed by atoms with Crippen LogP contribution >= 0.6 is 11.3 Å². The first-order valence-electron chi connectivity index (χ1n) is 6.18. The predicted molar refractivity (Wildman–Crippen MR) is 76.7 cm³/mol. The number of anilines is 1. The maximum Gasteiger partial charge on any atom is 0.339 e. The van der Waals surface area contributed by atoms with E-state index in [-0.39, 0.29) is 23.3 Å². The van der Waals surface area contributed by atoms with Crippen LogP contribution in [0.2, 0.25) is 0 Å². The molecule has 0 saturated heterocycles. The molecule has 0 aliphatic rings. The number of pyridine rings is 1. The molecule has 0 bridgehead atoms. The van der Waals surface area contributed by atoms with Gasteiger partial charge < -0.3 is 10.4 Å². The largest absolute Gasteiger partial charge is 0.478 e. The Hall–Kier alpha value is -1.95. The molecule has 0 amide bonds. The van der Waals surface area contributed by atoms with Crippen LogP contribution in [0.15, 0.2) is 29.8 Å². The zero-order valence-corrected chi connectivity index (χ0v) is 11.9. The minimum absolute atomic E-state index is 0.0638. The van der Waals surface area contributed by atoms with Crippen molar-refractivity contribution < 1.29 is 14.3 Å².